The summed E-state index contributed by atoms with van der Waals surface area (Å²) in [5.74, 6) is -1.07. The Morgan fingerprint density at radius 1 is 1.23 bits per heavy atom. The maximum atomic E-state index is 14.7. The number of hydrogen-bond donors (Lipinski definition) is 1. The van der Waals surface area contributed by atoms with Gasteiger partial charge in [-0.2, -0.15) is 0 Å². The highest BCUT2D eigenvalue weighted by atomic mass is 32.1. The second kappa shape index (κ2) is 6.73. The lowest BCUT2D eigenvalue weighted by Crippen LogP contribution is -2.45. The third kappa shape index (κ3) is 2.86. The van der Waals surface area contributed by atoms with Crippen LogP contribution in [0.15, 0.2) is 29.6 Å². The minimum Gasteiger partial charge on any atom is -0.494 e. The second-order valence-corrected chi connectivity index (χ2v) is 6.16. The molecule has 3 nitrogen and oxygen atoms in total. The molecule has 1 aliphatic rings. The number of piperazine rings is 1. The second-order valence-electron chi connectivity index (χ2n) is 5.18. The van der Waals surface area contributed by atoms with Crippen molar-refractivity contribution >= 4 is 11.3 Å². The van der Waals surface area contributed by atoms with Gasteiger partial charge in [-0.05, 0) is 23.6 Å². The Balaban J connectivity index is 2.10. The van der Waals surface area contributed by atoms with E-state index in [1.807, 2.05) is 17.5 Å². The summed E-state index contributed by atoms with van der Waals surface area (Å²) in [6.45, 7) is 3.13. The van der Waals surface area contributed by atoms with Crippen LogP contribution in [0.1, 0.15) is 16.5 Å². The molecule has 1 N–H and O–H groups in total. The molecule has 0 bridgehead atoms. The molecule has 0 saturated carbocycles. The molecule has 0 amide bonds. The van der Waals surface area contributed by atoms with Crippen LogP contribution in [-0.2, 0) is 0 Å². The molecule has 2 heterocycles. The fraction of sp³-hybridized carbons (Fsp3) is 0.375. The standard InChI is InChI=1S/C16H18F2N2OS/c1-21-12-5-4-11(17)14(15(12)18)16(13-3-2-10-22-13)20-8-6-19-7-9-20/h2-5,10,16,19H,6-9H2,1H3/t16-/m0/s1. The molecule has 1 saturated heterocycles. The van der Waals surface area contributed by atoms with E-state index >= 15 is 0 Å². The first kappa shape index (κ1) is 15.4. The zero-order valence-electron chi connectivity index (χ0n) is 12.3. The summed E-state index contributed by atoms with van der Waals surface area (Å²) >= 11 is 1.51. The fourth-order valence-electron chi connectivity index (χ4n) is 2.85. The number of rotatable bonds is 4. The van der Waals surface area contributed by atoms with Gasteiger partial charge in [0, 0.05) is 36.6 Å². The predicted molar refractivity (Wildman–Crippen MR) is 83.5 cm³/mol. The molecule has 22 heavy (non-hydrogen) atoms. The summed E-state index contributed by atoms with van der Waals surface area (Å²) in [6.07, 6.45) is 0. The van der Waals surface area contributed by atoms with Crippen molar-refractivity contribution in [3.8, 4) is 5.75 Å². The molecule has 1 atom stereocenters. The molecule has 1 aromatic carbocycles. The molecule has 0 unspecified atom stereocenters. The first-order valence-electron chi connectivity index (χ1n) is 7.22. The molecule has 0 aliphatic carbocycles. The van der Waals surface area contributed by atoms with E-state index in [4.69, 9.17) is 4.74 Å². The van der Waals surface area contributed by atoms with Gasteiger partial charge in [0.2, 0.25) is 0 Å². The van der Waals surface area contributed by atoms with E-state index in [0.29, 0.717) is 0 Å². The van der Waals surface area contributed by atoms with Crippen LogP contribution in [-0.4, -0.2) is 38.2 Å². The van der Waals surface area contributed by atoms with Crippen LogP contribution >= 0.6 is 11.3 Å². The largest absolute Gasteiger partial charge is 0.494 e. The van der Waals surface area contributed by atoms with Gasteiger partial charge in [0.15, 0.2) is 11.6 Å². The Kier molecular flexibility index (Phi) is 4.71. The monoisotopic (exact) mass is 324 g/mol. The highest BCUT2D eigenvalue weighted by molar-refractivity contribution is 7.10. The fourth-order valence-corrected chi connectivity index (χ4v) is 3.72. The lowest BCUT2D eigenvalue weighted by molar-refractivity contribution is 0.193. The number of halogens is 2. The highest BCUT2D eigenvalue weighted by Gasteiger charge is 2.31. The molecule has 2 aromatic rings. The Morgan fingerprint density at radius 3 is 2.64 bits per heavy atom. The van der Waals surface area contributed by atoms with Crippen molar-refractivity contribution < 1.29 is 13.5 Å². The minimum absolute atomic E-state index is 0.0729. The maximum absolute atomic E-state index is 14.7. The van der Waals surface area contributed by atoms with Crippen molar-refractivity contribution in [1.29, 1.82) is 0 Å². The molecular weight excluding hydrogens is 306 g/mol. The number of nitrogens with one attached hydrogen (secondary N) is 1. The topological polar surface area (TPSA) is 24.5 Å². The van der Waals surface area contributed by atoms with Crippen molar-refractivity contribution in [3.05, 3.63) is 51.7 Å². The first-order chi connectivity index (χ1) is 10.7. The summed E-state index contributed by atoms with van der Waals surface area (Å²) in [4.78, 5) is 3.05. The lowest BCUT2D eigenvalue weighted by atomic mass is 10.0. The van der Waals surface area contributed by atoms with Gasteiger partial charge in [-0.3, -0.25) is 4.90 Å². The van der Waals surface area contributed by atoms with E-state index in [9.17, 15) is 8.78 Å². The van der Waals surface area contributed by atoms with Gasteiger partial charge < -0.3 is 10.1 Å². The van der Waals surface area contributed by atoms with Crippen molar-refractivity contribution in [1.82, 2.24) is 10.2 Å². The number of nitrogens with zero attached hydrogens (tertiary/aromatic N) is 1. The van der Waals surface area contributed by atoms with Gasteiger partial charge in [-0.25, -0.2) is 8.78 Å². The molecular formula is C16H18F2N2OS. The van der Waals surface area contributed by atoms with Crippen molar-refractivity contribution in [2.45, 2.75) is 6.04 Å². The summed E-state index contributed by atoms with van der Waals surface area (Å²) in [6, 6.07) is 6.02. The van der Waals surface area contributed by atoms with Gasteiger partial charge in [-0.1, -0.05) is 6.07 Å². The average molecular weight is 324 g/mol. The van der Waals surface area contributed by atoms with Gasteiger partial charge >= 0.3 is 0 Å². The van der Waals surface area contributed by atoms with Crippen LogP contribution in [0, 0.1) is 11.6 Å². The molecule has 0 radical (unpaired) electrons. The molecule has 6 heteroatoms. The maximum Gasteiger partial charge on any atom is 0.173 e. The summed E-state index contributed by atoms with van der Waals surface area (Å²) in [7, 11) is 1.39. The normalized spacial score (nSPS) is 17.4. The number of methoxy groups -OCH3 is 1. The van der Waals surface area contributed by atoms with E-state index in [1.165, 1.54) is 30.6 Å². The lowest BCUT2D eigenvalue weighted by Gasteiger charge is -2.35. The van der Waals surface area contributed by atoms with Crippen LogP contribution in [0.5, 0.6) is 5.75 Å². The van der Waals surface area contributed by atoms with E-state index in [1.54, 1.807) is 0 Å². The van der Waals surface area contributed by atoms with Gasteiger partial charge in [0.25, 0.3) is 0 Å². The van der Waals surface area contributed by atoms with Crippen LogP contribution in [0.3, 0.4) is 0 Å². The van der Waals surface area contributed by atoms with Crippen LogP contribution in [0.25, 0.3) is 0 Å². The summed E-state index contributed by atoms with van der Waals surface area (Å²) < 4.78 is 34.2. The van der Waals surface area contributed by atoms with Crippen molar-refractivity contribution in [2.75, 3.05) is 33.3 Å². The Hall–Kier alpha value is -1.50. The van der Waals surface area contributed by atoms with Crippen LogP contribution in [0.2, 0.25) is 0 Å². The third-order valence-corrected chi connectivity index (χ3v) is 4.84. The molecule has 0 spiro atoms. The summed E-state index contributed by atoms with van der Waals surface area (Å²) in [5.41, 5.74) is 0.0729. The Bertz CT molecular complexity index is 627. The molecule has 3 rings (SSSR count). The highest BCUT2D eigenvalue weighted by Crippen LogP contribution is 2.37. The minimum atomic E-state index is -0.612. The number of thiophene rings is 1. The third-order valence-electron chi connectivity index (χ3n) is 3.91. The number of ether oxygens (including phenoxy) is 1. The molecule has 1 aliphatic heterocycles. The van der Waals surface area contributed by atoms with Gasteiger partial charge in [0.05, 0.1) is 13.2 Å². The zero-order valence-corrected chi connectivity index (χ0v) is 13.1. The van der Waals surface area contributed by atoms with Crippen molar-refractivity contribution in [3.63, 3.8) is 0 Å². The van der Waals surface area contributed by atoms with E-state index in [2.05, 4.69) is 10.2 Å². The van der Waals surface area contributed by atoms with Gasteiger partial charge in [0.1, 0.15) is 5.82 Å². The predicted octanol–water partition coefficient (Wildman–Crippen LogP) is 3.03. The van der Waals surface area contributed by atoms with Gasteiger partial charge in [-0.15, -0.1) is 11.3 Å². The van der Waals surface area contributed by atoms with Crippen LogP contribution in [0.4, 0.5) is 8.78 Å². The summed E-state index contributed by atoms with van der Waals surface area (Å²) in [5, 5.41) is 5.20. The Morgan fingerprint density at radius 2 is 2.00 bits per heavy atom. The van der Waals surface area contributed by atoms with Crippen LogP contribution < -0.4 is 10.1 Å². The van der Waals surface area contributed by atoms with E-state index in [0.717, 1.165) is 31.1 Å². The average Bonchev–Trinajstić information content (AvgIpc) is 3.06. The number of hydrogen-bond acceptors (Lipinski definition) is 4. The number of benzene rings is 1. The molecule has 1 aromatic heterocycles. The zero-order chi connectivity index (χ0) is 15.5. The van der Waals surface area contributed by atoms with Crippen molar-refractivity contribution in [2.24, 2.45) is 0 Å². The van der Waals surface area contributed by atoms with E-state index in [-0.39, 0.29) is 11.3 Å². The van der Waals surface area contributed by atoms with E-state index < -0.39 is 17.7 Å². The molecule has 1 fully saturated rings. The quantitative estimate of drug-likeness (QED) is 0.936. The Labute approximate surface area is 132 Å². The first-order valence-corrected chi connectivity index (χ1v) is 8.10. The SMILES string of the molecule is COc1ccc(F)c([C@H](c2cccs2)N2CCNCC2)c1F. The molecule has 118 valence electrons. The smallest absolute Gasteiger partial charge is 0.173 e.